The molecule has 0 spiro atoms. The summed E-state index contributed by atoms with van der Waals surface area (Å²) in [5.74, 6) is 0. The highest BCUT2D eigenvalue weighted by Crippen LogP contribution is 2.32. The van der Waals surface area contributed by atoms with Gasteiger partial charge in [0.25, 0.3) is 0 Å². The zero-order chi connectivity index (χ0) is 14.8. The van der Waals surface area contributed by atoms with Crippen LogP contribution in [0.4, 0.5) is 18.3 Å². The number of nitrogens with one attached hydrogen (secondary N) is 1. The molecule has 0 saturated carbocycles. The van der Waals surface area contributed by atoms with Gasteiger partial charge in [-0.05, 0) is 47.2 Å². The molecule has 0 atom stereocenters. The molecule has 0 bridgehead atoms. The first-order valence-corrected chi connectivity index (χ1v) is 7.40. The maximum absolute atomic E-state index is 12.6. The fourth-order valence-corrected chi connectivity index (χ4v) is 2.89. The van der Waals surface area contributed by atoms with Crippen molar-refractivity contribution in [2.45, 2.75) is 13.1 Å². The summed E-state index contributed by atoms with van der Waals surface area (Å²) >= 11 is 3.07. The van der Waals surface area contributed by atoms with Crippen LogP contribution in [-0.2, 0) is 6.18 Å². The third-order valence-electron chi connectivity index (χ3n) is 2.29. The second-order valence-electron chi connectivity index (χ2n) is 3.90. The van der Waals surface area contributed by atoms with Gasteiger partial charge in [0.2, 0.25) is 5.13 Å². The molecule has 0 saturated heterocycles. The van der Waals surface area contributed by atoms with E-state index >= 15 is 0 Å². The normalized spacial score (nSPS) is 12.1. The van der Waals surface area contributed by atoms with Gasteiger partial charge in [0.1, 0.15) is 0 Å². The second-order valence-corrected chi connectivity index (χ2v) is 5.92. The van der Waals surface area contributed by atoms with E-state index in [1.807, 2.05) is 12.3 Å². The molecule has 20 heavy (non-hydrogen) atoms. The maximum Gasteiger partial charge on any atom is 0.417 e. The zero-order valence-corrected chi connectivity index (χ0v) is 13.2. The quantitative estimate of drug-likeness (QED) is 0.458. The number of halogens is 4. The summed E-state index contributed by atoms with van der Waals surface area (Å²) in [5.41, 5.74) is 3.56. The molecule has 0 fully saturated rings. The predicted molar refractivity (Wildman–Crippen MR) is 82.2 cm³/mol. The van der Waals surface area contributed by atoms with Crippen molar-refractivity contribution in [1.82, 2.24) is 4.98 Å². The second kappa shape index (κ2) is 6.08. The van der Waals surface area contributed by atoms with Crippen LogP contribution in [0.5, 0.6) is 0 Å². The van der Waals surface area contributed by atoms with Crippen molar-refractivity contribution in [3.8, 4) is 0 Å². The molecule has 0 radical (unpaired) electrons. The van der Waals surface area contributed by atoms with Gasteiger partial charge in [-0.2, -0.15) is 18.3 Å². The van der Waals surface area contributed by atoms with E-state index in [0.29, 0.717) is 10.7 Å². The molecule has 2 rings (SSSR count). The summed E-state index contributed by atoms with van der Waals surface area (Å²) in [5, 5.41) is 6.46. The van der Waals surface area contributed by atoms with Crippen molar-refractivity contribution in [3.63, 3.8) is 0 Å². The lowest BCUT2D eigenvalue weighted by molar-refractivity contribution is -0.138. The Morgan fingerprint density at radius 3 is 2.70 bits per heavy atom. The number of thiazole rings is 1. The highest BCUT2D eigenvalue weighted by Gasteiger charge is 2.32. The molecule has 0 amide bonds. The number of hydrogen-bond acceptors (Lipinski definition) is 4. The van der Waals surface area contributed by atoms with Crippen molar-refractivity contribution in [1.29, 1.82) is 0 Å². The first-order chi connectivity index (χ1) is 9.36. The fourth-order valence-electron chi connectivity index (χ4n) is 1.41. The lowest BCUT2D eigenvalue weighted by Crippen LogP contribution is -2.07. The van der Waals surface area contributed by atoms with Crippen molar-refractivity contribution in [2.24, 2.45) is 5.10 Å². The molecule has 3 nitrogen and oxygen atoms in total. The maximum atomic E-state index is 12.6. The van der Waals surface area contributed by atoms with Gasteiger partial charge in [0.05, 0.1) is 17.5 Å². The number of hydrazone groups is 1. The Balaban J connectivity index is 2.09. The molecular formula is C12H9F3IN3S. The third kappa shape index (κ3) is 3.92. The smallest absolute Gasteiger partial charge is 0.253 e. The number of hydrogen-bond donors (Lipinski definition) is 1. The number of alkyl halides is 3. The molecule has 0 aliphatic carbocycles. The number of benzene rings is 1. The number of nitrogens with zero attached hydrogens (tertiary/aromatic N) is 2. The lowest BCUT2D eigenvalue weighted by atomic mass is 10.1. The van der Waals surface area contributed by atoms with E-state index in [1.165, 1.54) is 29.7 Å². The van der Waals surface area contributed by atoms with Crippen molar-refractivity contribution in [2.75, 3.05) is 5.43 Å². The first kappa shape index (κ1) is 15.2. The summed E-state index contributed by atoms with van der Waals surface area (Å²) < 4.78 is 37.9. The van der Waals surface area contributed by atoms with Crippen LogP contribution in [0.2, 0.25) is 0 Å². The van der Waals surface area contributed by atoms with Gasteiger partial charge in [-0.1, -0.05) is 6.07 Å². The molecule has 0 unspecified atom stereocenters. The topological polar surface area (TPSA) is 37.3 Å². The summed E-state index contributed by atoms with van der Waals surface area (Å²) in [4.78, 5) is 4.15. The van der Waals surface area contributed by atoms with Crippen LogP contribution in [0.15, 0.2) is 28.7 Å². The van der Waals surface area contributed by atoms with Crippen LogP contribution >= 0.6 is 33.9 Å². The Labute approximate surface area is 131 Å². The molecule has 106 valence electrons. The van der Waals surface area contributed by atoms with E-state index in [9.17, 15) is 13.2 Å². The average molecular weight is 411 g/mol. The molecule has 0 aliphatic heterocycles. The van der Waals surface area contributed by atoms with Gasteiger partial charge in [-0.25, -0.2) is 4.98 Å². The fraction of sp³-hybridized carbons (Fsp3) is 0.167. The molecule has 1 aromatic heterocycles. The Morgan fingerprint density at radius 2 is 2.15 bits per heavy atom. The lowest BCUT2D eigenvalue weighted by Gasteiger charge is -2.09. The van der Waals surface area contributed by atoms with Crippen LogP contribution in [0, 0.1) is 10.5 Å². The highest BCUT2D eigenvalue weighted by molar-refractivity contribution is 14.1. The molecular weight excluding hydrogens is 402 g/mol. The number of rotatable bonds is 3. The third-order valence-corrected chi connectivity index (χ3v) is 4.05. The van der Waals surface area contributed by atoms with Crippen LogP contribution in [-0.4, -0.2) is 11.2 Å². The van der Waals surface area contributed by atoms with Crippen LogP contribution in [0.25, 0.3) is 0 Å². The highest BCUT2D eigenvalue weighted by atomic mass is 127. The average Bonchev–Trinajstić information content (AvgIpc) is 2.73. The summed E-state index contributed by atoms with van der Waals surface area (Å²) in [6.45, 7) is 1.86. The Bertz CT molecular complexity index is 637. The summed E-state index contributed by atoms with van der Waals surface area (Å²) in [7, 11) is 0. The van der Waals surface area contributed by atoms with Crippen molar-refractivity contribution >= 4 is 45.3 Å². The van der Waals surface area contributed by atoms with Gasteiger partial charge < -0.3 is 0 Å². The predicted octanol–water partition coefficient (Wildman–Crippen LogP) is 4.52. The molecule has 1 aromatic carbocycles. The molecule has 0 aliphatic rings. The van der Waals surface area contributed by atoms with E-state index < -0.39 is 11.7 Å². The monoisotopic (exact) mass is 411 g/mol. The van der Waals surface area contributed by atoms with Gasteiger partial charge in [-0.3, -0.25) is 5.43 Å². The van der Waals surface area contributed by atoms with Crippen LogP contribution < -0.4 is 5.43 Å². The Hall–Kier alpha value is -1.16. The largest absolute Gasteiger partial charge is 0.417 e. The Morgan fingerprint density at radius 1 is 1.40 bits per heavy atom. The summed E-state index contributed by atoms with van der Waals surface area (Å²) in [6.07, 6.45) is -2.87. The van der Waals surface area contributed by atoms with Gasteiger partial charge >= 0.3 is 6.18 Å². The van der Waals surface area contributed by atoms with Crippen LogP contribution in [0.1, 0.15) is 16.8 Å². The minimum absolute atomic E-state index is 0.143. The minimum Gasteiger partial charge on any atom is -0.253 e. The molecule has 1 N–H and O–H groups in total. The minimum atomic E-state index is -4.33. The van der Waals surface area contributed by atoms with Gasteiger partial charge in [-0.15, -0.1) is 11.3 Å². The number of anilines is 1. The van der Waals surface area contributed by atoms with Gasteiger partial charge in [0.15, 0.2) is 0 Å². The number of aryl methyl sites for hydroxylation is 1. The van der Waals surface area contributed by atoms with Crippen LogP contribution in [0.3, 0.4) is 0 Å². The zero-order valence-electron chi connectivity index (χ0n) is 10.2. The van der Waals surface area contributed by atoms with E-state index in [-0.39, 0.29) is 3.57 Å². The van der Waals surface area contributed by atoms with Crippen molar-refractivity contribution < 1.29 is 13.2 Å². The van der Waals surface area contributed by atoms with E-state index in [2.05, 4.69) is 15.5 Å². The van der Waals surface area contributed by atoms with Gasteiger partial charge in [0, 0.05) is 8.95 Å². The summed E-state index contributed by atoms with van der Waals surface area (Å²) in [6, 6.07) is 3.86. The molecule has 1 heterocycles. The van der Waals surface area contributed by atoms with E-state index in [4.69, 9.17) is 0 Å². The van der Waals surface area contributed by atoms with E-state index in [1.54, 1.807) is 22.6 Å². The first-order valence-electron chi connectivity index (χ1n) is 5.44. The SMILES string of the molecule is Cc1csc(NN=Cc2ccc(C(F)(F)F)c(I)c2)n1. The van der Waals surface area contributed by atoms with Crippen molar-refractivity contribution in [3.05, 3.63) is 44.0 Å². The number of aromatic nitrogens is 1. The van der Waals surface area contributed by atoms with E-state index in [0.717, 1.165) is 11.8 Å². The Kier molecular flexibility index (Phi) is 4.63. The molecule has 2 aromatic rings. The molecule has 8 heteroatoms. The standard InChI is InChI=1S/C12H9F3IN3S/c1-7-6-20-11(18-7)19-17-5-8-2-3-9(10(16)4-8)12(13,14)15/h2-6H,1H3,(H,18,19).